The number of carbonyl (C=O) groups excluding carboxylic acids is 1. The van der Waals surface area contributed by atoms with Gasteiger partial charge in [0, 0.05) is 18.1 Å². The van der Waals surface area contributed by atoms with Crippen molar-refractivity contribution < 1.29 is 4.79 Å². The summed E-state index contributed by atoms with van der Waals surface area (Å²) in [5.41, 5.74) is 1.34. The van der Waals surface area contributed by atoms with Crippen LogP contribution in [0.4, 0.5) is 5.13 Å². The van der Waals surface area contributed by atoms with Crippen LogP contribution in [-0.4, -0.2) is 20.7 Å². The summed E-state index contributed by atoms with van der Waals surface area (Å²) in [7, 11) is 1.77. The quantitative estimate of drug-likeness (QED) is 0.864. The Morgan fingerprint density at radius 2 is 2.25 bits per heavy atom. The van der Waals surface area contributed by atoms with Crippen LogP contribution in [-0.2, 0) is 7.05 Å². The first-order valence-corrected chi connectivity index (χ1v) is 5.63. The normalized spacial score (nSPS) is 10.4. The summed E-state index contributed by atoms with van der Waals surface area (Å²) in [6, 6.07) is 1.67. The van der Waals surface area contributed by atoms with Crippen LogP contribution in [0.2, 0.25) is 0 Å². The maximum absolute atomic E-state index is 11.7. The highest BCUT2D eigenvalue weighted by Crippen LogP contribution is 2.21. The first-order chi connectivity index (χ1) is 7.56. The van der Waals surface area contributed by atoms with Crippen LogP contribution in [0.3, 0.4) is 0 Å². The minimum absolute atomic E-state index is 0.227. The molecular formula is C10H12N4OS. The Kier molecular flexibility index (Phi) is 2.74. The molecule has 2 aromatic heterocycles. The molecule has 0 aliphatic heterocycles. The predicted molar refractivity (Wildman–Crippen MR) is 62.7 cm³/mol. The van der Waals surface area contributed by atoms with Crippen molar-refractivity contribution >= 4 is 22.4 Å². The van der Waals surface area contributed by atoms with Crippen molar-refractivity contribution in [3.63, 3.8) is 0 Å². The Labute approximate surface area is 97.1 Å². The van der Waals surface area contributed by atoms with Crippen LogP contribution < -0.4 is 5.32 Å². The highest BCUT2D eigenvalue weighted by atomic mass is 32.1. The van der Waals surface area contributed by atoms with Gasteiger partial charge in [0.05, 0.1) is 5.69 Å². The van der Waals surface area contributed by atoms with Crippen LogP contribution in [0.5, 0.6) is 0 Å². The molecule has 1 N–H and O–H groups in total. The van der Waals surface area contributed by atoms with E-state index in [0.29, 0.717) is 10.8 Å². The van der Waals surface area contributed by atoms with Gasteiger partial charge in [0.2, 0.25) is 0 Å². The first-order valence-electron chi connectivity index (χ1n) is 4.81. The van der Waals surface area contributed by atoms with E-state index in [2.05, 4.69) is 15.4 Å². The molecule has 0 fully saturated rings. The molecule has 0 aliphatic rings. The zero-order valence-corrected chi connectivity index (χ0v) is 10.1. The zero-order chi connectivity index (χ0) is 11.7. The summed E-state index contributed by atoms with van der Waals surface area (Å²) < 4.78 is 1.59. The molecule has 84 valence electrons. The third-order valence-electron chi connectivity index (χ3n) is 2.20. The standard InChI is InChI=1S/C10H12N4OS/c1-6-7(2)16-10(11-6)12-9(15)8-4-5-14(3)13-8/h4-5H,1-3H3,(H,11,12,15). The second-order valence-electron chi connectivity index (χ2n) is 3.49. The van der Waals surface area contributed by atoms with Crippen LogP contribution in [0.15, 0.2) is 12.3 Å². The summed E-state index contributed by atoms with van der Waals surface area (Å²) >= 11 is 1.47. The molecule has 0 saturated carbocycles. The SMILES string of the molecule is Cc1nc(NC(=O)c2ccn(C)n2)sc1C. The molecule has 6 heteroatoms. The summed E-state index contributed by atoms with van der Waals surface area (Å²) in [4.78, 5) is 17.1. The highest BCUT2D eigenvalue weighted by molar-refractivity contribution is 7.15. The van der Waals surface area contributed by atoms with E-state index < -0.39 is 0 Å². The highest BCUT2D eigenvalue weighted by Gasteiger charge is 2.11. The van der Waals surface area contributed by atoms with Gasteiger partial charge in [-0.15, -0.1) is 11.3 Å². The number of aromatic nitrogens is 3. The van der Waals surface area contributed by atoms with E-state index in [9.17, 15) is 4.79 Å². The third-order valence-corrected chi connectivity index (χ3v) is 3.18. The van der Waals surface area contributed by atoms with Gasteiger partial charge in [0.25, 0.3) is 5.91 Å². The Bertz CT molecular complexity index is 509. The molecule has 2 heterocycles. The van der Waals surface area contributed by atoms with Crippen molar-refractivity contribution in [2.45, 2.75) is 13.8 Å². The van der Waals surface area contributed by atoms with Crippen molar-refractivity contribution in [2.75, 3.05) is 5.32 Å². The van der Waals surface area contributed by atoms with Gasteiger partial charge in [-0.25, -0.2) is 4.98 Å². The molecular weight excluding hydrogens is 224 g/mol. The molecule has 2 aromatic rings. The molecule has 5 nitrogen and oxygen atoms in total. The van der Waals surface area contributed by atoms with Crippen LogP contribution >= 0.6 is 11.3 Å². The number of hydrogen-bond acceptors (Lipinski definition) is 4. The second kappa shape index (κ2) is 4.05. The Balaban J connectivity index is 2.13. The van der Waals surface area contributed by atoms with E-state index in [1.54, 1.807) is 24.0 Å². The molecule has 0 saturated heterocycles. The third kappa shape index (κ3) is 2.11. The molecule has 0 spiro atoms. The van der Waals surface area contributed by atoms with Crippen molar-refractivity contribution in [3.05, 3.63) is 28.5 Å². The number of rotatable bonds is 2. The number of thiazole rings is 1. The lowest BCUT2D eigenvalue weighted by molar-refractivity contribution is 0.102. The largest absolute Gasteiger partial charge is 0.296 e. The minimum Gasteiger partial charge on any atom is -0.296 e. The Morgan fingerprint density at radius 3 is 2.75 bits per heavy atom. The van der Waals surface area contributed by atoms with E-state index in [-0.39, 0.29) is 5.91 Å². The van der Waals surface area contributed by atoms with Gasteiger partial charge in [-0.05, 0) is 19.9 Å². The van der Waals surface area contributed by atoms with Crippen molar-refractivity contribution in [3.8, 4) is 0 Å². The molecule has 2 rings (SSSR count). The number of nitrogens with one attached hydrogen (secondary N) is 1. The smallest absolute Gasteiger partial charge is 0.277 e. The monoisotopic (exact) mass is 236 g/mol. The zero-order valence-electron chi connectivity index (χ0n) is 9.31. The predicted octanol–water partition coefficient (Wildman–Crippen LogP) is 1.75. The van der Waals surface area contributed by atoms with Gasteiger partial charge in [0.15, 0.2) is 10.8 Å². The van der Waals surface area contributed by atoms with Gasteiger partial charge >= 0.3 is 0 Å². The molecule has 16 heavy (non-hydrogen) atoms. The summed E-state index contributed by atoms with van der Waals surface area (Å²) in [5, 5.41) is 7.36. The Hall–Kier alpha value is -1.69. The van der Waals surface area contributed by atoms with E-state index in [0.717, 1.165) is 10.6 Å². The van der Waals surface area contributed by atoms with Gasteiger partial charge < -0.3 is 0 Å². The molecule has 0 aliphatic carbocycles. The molecule has 0 radical (unpaired) electrons. The number of anilines is 1. The molecule has 0 atom stereocenters. The average molecular weight is 236 g/mol. The van der Waals surface area contributed by atoms with Crippen molar-refractivity contribution in [1.29, 1.82) is 0 Å². The van der Waals surface area contributed by atoms with Crippen molar-refractivity contribution in [1.82, 2.24) is 14.8 Å². The minimum atomic E-state index is -0.227. The van der Waals surface area contributed by atoms with Crippen molar-refractivity contribution in [2.24, 2.45) is 7.05 Å². The van der Waals surface area contributed by atoms with Crippen LogP contribution in [0.1, 0.15) is 21.1 Å². The van der Waals surface area contributed by atoms with E-state index >= 15 is 0 Å². The topological polar surface area (TPSA) is 59.8 Å². The van der Waals surface area contributed by atoms with Gasteiger partial charge in [-0.1, -0.05) is 0 Å². The molecule has 0 aromatic carbocycles. The van der Waals surface area contributed by atoms with Gasteiger partial charge in [-0.3, -0.25) is 14.8 Å². The first kappa shape index (κ1) is 10.8. The fourth-order valence-corrected chi connectivity index (χ4v) is 2.03. The lowest BCUT2D eigenvalue weighted by Crippen LogP contribution is -2.12. The number of aryl methyl sites for hydroxylation is 3. The maximum Gasteiger partial charge on any atom is 0.277 e. The fraction of sp³-hybridized carbons (Fsp3) is 0.300. The maximum atomic E-state index is 11.7. The van der Waals surface area contributed by atoms with Gasteiger partial charge in [0.1, 0.15) is 0 Å². The van der Waals surface area contributed by atoms with Gasteiger partial charge in [-0.2, -0.15) is 5.10 Å². The molecule has 1 amide bonds. The lowest BCUT2D eigenvalue weighted by atomic mass is 10.4. The second-order valence-corrected chi connectivity index (χ2v) is 4.69. The van der Waals surface area contributed by atoms with E-state index in [4.69, 9.17) is 0 Å². The summed E-state index contributed by atoms with van der Waals surface area (Å²) in [6.45, 7) is 3.89. The number of carbonyl (C=O) groups is 1. The molecule has 0 bridgehead atoms. The fourth-order valence-electron chi connectivity index (χ4n) is 1.22. The number of hydrogen-bond donors (Lipinski definition) is 1. The average Bonchev–Trinajstić information content (AvgIpc) is 2.75. The van der Waals surface area contributed by atoms with E-state index in [1.165, 1.54) is 11.3 Å². The van der Waals surface area contributed by atoms with Crippen LogP contribution in [0, 0.1) is 13.8 Å². The van der Waals surface area contributed by atoms with Crippen LogP contribution in [0.25, 0.3) is 0 Å². The lowest BCUT2D eigenvalue weighted by Gasteiger charge is -1.96. The number of nitrogens with zero attached hydrogens (tertiary/aromatic N) is 3. The van der Waals surface area contributed by atoms with E-state index in [1.807, 2.05) is 13.8 Å². The summed E-state index contributed by atoms with van der Waals surface area (Å²) in [5.74, 6) is -0.227. The summed E-state index contributed by atoms with van der Waals surface area (Å²) in [6.07, 6.45) is 1.73. The molecule has 0 unspecified atom stereocenters. The Morgan fingerprint density at radius 1 is 1.50 bits per heavy atom. The number of amides is 1.